The largest absolute Gasteiger partial charge is 0.369 e. The number of hydrogen-bond donors (Lipinski definition) is 2. The molecule has 2 heterocycles. The lowest BCUT2D eigenvalue weighted by Gasteiger charge is -1.95. The molecule has 0 saturated heterocycles. The van der Waals surface area contributed by atoms with Gasteiger partial charge in [-0.2, -0.15) is 9.67 Å². The lowest BCUT2D eigenvalue weighted by Crippen LogP contribution is -2.21. The predicted octanol–water partition coefficient (Wildman–Crippen LogP) is 0.577. The molecule has 2 aromatic rings. The fourth-order valence-corrected chi connectivity index (χ4v) is 2.53. The second-order valence-corrected chi connectivity index (χ2v) is 4.70. The molecule has 0 aliphatic rings. The first-order valence-electron chi connectivity index (χ1n) is 5.36. The van der Waals surface area contributed by atoms with Gasteiger partial charge in [-0.15, -0.1) is 5.10 Å². The van der Waals surface area contributed by atoms with Crippen LogP contribution in [0.1, 0.15) is 17.0 Å². The number of nitrogens with two attached hydrogens (primary N) is 2. The average molecular weight is 263 g/mol. The van der Waals surface area contributed by atoms with Crippen molar-refractivity contribution in [1.29, 1.82) is 0 Å². The molecule has 2 aromatic heterocycles. The van der Waals surface area contributed by atoms with E-state index in [1.165, 1.54) is 0 Å². The van der Waals surface area contributed by atoms with Gasteiger partial charge in [0.15, 0.2) is 0 Å². The SMILES string of the molecule is Cc1cc(/C=N/N=C(N)N)c(C)n1-c1[nH+]ccs1. The number of hydrogen-bond acceptors (Lipinski definition) is 3. The summed E-state index contributed by atoms with van der Waals surface area (Å²) < 4.78 is 2.13. The fourth-order valence-electron chi connectivity index (χ4n) is 1.74. The molecule has 0 atom stereocenters. The van der Waals surface area contributed by atoms with Crippen LogP contribution in [0.2, 0.25) is 0 Å². The molecule has 0 saturated carbocycles. The van der Waals surface area contributed by atoms with E-state index in [-0.39, 0.29) is 5.96 Å². The normalized spacial score (nSPS) is 11.0. The van der Waals surface area contributed by atoms with E-state index in [9.17, 15) is 0 Å². The lowest BCUT2D eigenvalue weighted by atomic mass is 10.3. The molecule has 0 aromatic carbocycles. The third-order valence-corrected chi connectivity index (χ3v) is 3.29. The number of nitrogens with zero attached hydrogens (tertiary/aromatic N) is 3. The van der Waals surface area contributed by atoms with Crippen LogP contribution >= 0.6 is 11.3 Å². The van der Waals surface area contributed by atoms with Crippen LogP contribution in [0.5, 0.6) is 0 Å². The molecule has 94 valence electrons. The second-order valence-electron chi connectivity index (χ2n) is 3.80. The van der Waals surface area contributed by atoms with E-state index < -0.39 is 0 Å². The number of aryl methyl sites for hydroxylation is 1. The predicted molar refractivity (Wildman–Crippen MR) is 73.1 cm³/mol. The van der Waals surface area contributed by atoms with Crippen molar-refractivity contribution in [2.75, 3.05) is 0 Å². The van der Waals surface area contributed by atoms with E-state index in [2.05, 4.69) is 19.8 Å². The molecular formula is C11H15N6S+. The topological polar surface area (TPSA) is 95.8 Å². The van der Waals surface area contributed by atoms with E-state index in [1.807, 2.05) is 31.5 Å². The summed E-state index contributed by atoms with van der Waals surface area (Å²) in [6, 6.07) is 2.04. The highest BCUT2D eigenvalue weighted by atomic mass is 32.1. The summed E-state index contributed by atoms with van der Waals surface area (Å²) in [7, 11) is 0. The average Bonchev–Trinajstić information content (AvgIpc) is 2.88. The van der Waals surface area contributed by atoms with Gasteiger partial charge >= 0.3 is 5.13 Å². The summed E-state index contributed by atoms with van der Waals surface area (Å²) in [5.74, 6) is -0.0494. The maximum absolute atomic E-state index is 5.21. The van der Waals surface area contributed by atoms with E-state index in [0.717, 1.165) is 22.1 Å². The van der Waals surface area contributed by atoms with E-state index in [4.69, 9.17) is 11.5 Å². The van der Waals surface area contributed by atoms with Gasteiger partial charge in [0, 0.05) is 10.9 Å². The number of nitrogens with one attached hydrogen (secondary N) is 1. The molecule has 7 heteroatoms. The van der Waals surface area contributed by atoms with E-state index in [0.29, 0.717) is 0 Å². The zero-order valence-electron chi connectivity index (χ0n) is 10.2. The molecule has 0 unspecified atom stereocenters. The Morgan fingerprint density at radius 3 is 2.83 bits per heavy atom. The van der Waals surface area contributed by atoms with Crippen LogP contribution in [0.4, 0.5) is 0 Å². The van der Waals surface area contributed by atoms with Crippen molar-refractivity contribution in [2.24, 2.45) is 21.7 Å². The number of H-pyrrole nitrogens is 1. The molecule has 5 N–H and O–H groups in total. The molecular weight excluding hydrogens is 248 g/mol. The minimum absolute atomic E-state index is 0.0494. The van der Waals surface area contributed by atoms with Crippen molar-refractivity contribution in [1.82, 2.24) is 4.57 Å². The Balaban J connectivity index is 2.39. The highest BCUT2D eigenvalue weighted by Gasteiger charge is 2.17. The summed E-state index contributed by atoms with van der Waals surface area (Å²) in [5, 5.41) is 10.5. The Bertz CT molecular complexity index is 589. The van der Waals surface area contributed by atoms with Gasteiger partial charge in [0.05, 0.1) is 12.4 Å². The number of guanidine groups is 1. The number of thiazole rings is 1. The van der Waals surface area contributed by atoms with Gasteiger partial charge in [-0.3, -0.25) is 0 Å². The monoisotopic (exact) mass is 263 g/mol. The molecule has 0 aliphatic carbocycles. The Labute approximate surface area is 109 Å². The summed E-state index contributed by atoms with van der Waals surface area (Å²) in [6.45, 7) is 4.07. The highest BCUT2D eigenvalue weighted by Crippen LogP contribution is 2.19. The van der Waals surface area contributed by atoms with Gasteiger partial charge in [-0.25, -0.2) is 4.98 Å². The standard InChI is InChI=1S/C11H14N6S/c1-7-5-9(6-15-16-10(12)13)8(2)17(7)11-14-3-4-18-11/h3-6H,1-2H3,(H4,12,13,16)/p+1/b15-6+. The van der Waals surface area contributed by atoms with E-state index >= 15 is 0 Å². The van der Waals surface area contributed by atoms with Crippen molar-refractivity contribution < 1.29 is 4.98 Å². The number of rotatable bonds is 3. The Hall–Kier alpha value is -2.15. The van der Waals surface area contributed by atoms with Crippen LogP contribution in [-0.4, -0.2) is 16.7 Å². The van der Waals surface area contributed by atoms with Crippen LogP contribution < -0.4 is 16.5 Å². The van der Waals surface area contributed by atoms with Crippen LogP contribution in [0.3, 0.4) is 0 Å². The van der Waals surface area contributed by atoms with Gasteiger partial charge in [-0.1, -0.05) is 11.3 Å². The van der Waals surface area contributed by atoms with E-state index in [1.54, 1.807) is 17.6 Å². The number of aromatic amines is 1. The van der Waals surface area contributed by atoms with Crippen molar-refractivity contribution in [3.63, 3.8) is 0 Å². The minimum atomic E-state index is -0.0494. The van der Waals surface area contributed by atoms with Crippen molar-refractivity contribution in [3.8, 4) is 5.13 Å². The third kappa shape index (κ3) is 2.40. The Morgan fingerprint density at radius 1 is 1.44 bits per heavy atom. The van der Waals surface area contributed by atoms with Crippen LogP contribution in [0.15, 0.2) is 27.8 Å². The summed E-state index contributed by atoms with van der Waals surface area (Å²) in [6.07, 6.45) is 3.55. The third-order valence-electron chi connectivity index (χ3n) is 2.50. The number of aromatic nitrogens is 2. The zero-order chi connectivity index (χ0) is 13.1. The van der Waals surface area contributed by atoms with Crippen molar-refractivity contribution in [2.45, 2.75) is 13.8 Å². The van der Waals surface area contributed by atoms with Crippen molar-refractivity contribution in [3.05, 3.63) is 34.6 Å². The van der Waals surface area contributed by atoms with Gasteiger partial charge in [0.1, 0.15) is 11.4 Å². The zero-order valence-corrected chi connectivity index (χ0v) is 11.0. The molecule has 0 bridgehead atoms. The maximum Gasteiger partial charge on any atom is 0.343 e. The van der Waals surface area contributed by atoms with Gasteiger partial charge in [-0.05, 0) is 19.9 Å². The quantitative estimate of drug-likeness (QED) is 0.481. The Kier molecular flexibility index (Phi) is 3.42. The van der Waals surface area contributed by atoms with Crippen molar-refractivity contribution >= 4 is 23.5 Å². The molecule has 18 heavy (non-hydrogen) atoms. The minimum Gasteiger partial charge on any atom is -0.369 e. The molecule has 0 fully saturated rings. The highest BCUT2D eigenvalue weighted by molar-refractivity contribution is 7.11. The molecule has 0 aliphatic heterocycles. The van der Waals surface area contributed by atoms with Crippen LogP contribution in [0.25, 0.3) is 5.13 Å². The molecule has 2 rings (SSSR count). The van der Waals surface area contributed by atoms with Gasteiger partial charge in [0.25, 0.3) is 0 Å². The van der Waals surface area contributed by atoms with Gasteiger partial charge < -0.3 is 11.5 Å². The maximum atomic E-state index is 5.21. The molecule has 0 spiro atoms. The van der Waals surface area contributed by atoms with Crippen LogP contribution in [-0.2, 0) is 0 Å². The second kappa shape index (κ2) is 5.01. The fraction of sp³-hybridized carbons (Fsp3) is 0.182. The molecule has 6 nitrogen and oxygen atoms in total. The Morgan fingerprint density at radius 2 is 2.22 bits per heavy atom. The summed E-state index contributed by atoms with van der Waals surface area (Å²) in [4.78, 5) is 3.19. The van der Waals surface area contributed by atoms with Crippen LogP contribution in [0, 0.1) is 13.8 Å². The summed E-state index contributed by atoms with van der Waals surface area (Å²) >= 11 is 1.64. The first-order chi connectivity index (χ1) is 8.59. The lowest BCUT2D eigenvalue weighted by molar-refractivity contribution is -0.366. The first kappa shape index (κ1) is 12.3. The first-order valence-corrected chi connectivity index (χ1v) is 6.24. The smallest absolute Gasteiger partial charge is 0.343 e. The molecule has 0 amide bonds. The summed E-state index contributed by atoms with van der Waals surface area (Å²) in [5.41, 5.74) is 13.6. The molecule has 0 radical (unpaired) electrons. The van der Waals surface area contributed by atoms with Gasteiger partial charge in [0.2, 0.25) is 5.96 Å².